The number of carboxylic acid groups (broad SMARTS) is 1. The van der Waals surface area contributed by atoms with Crippen LogP contribution in [0, 0.1) is 0 Å². The molecule has 0 aromatic heterocycles. The lowest BCUT2D eigenvalue weighted by atomic mass is 10.1. The molecule has 8 nitrogen and oxygen atoms in total. The number of nitrogens with one attached hydrogen (secondary N) is 1. The molecule has 132 valence electrons. The number of nitrogens with zero attached hydrogens (tertiary/aromatic N) is 1. The maximum absolute atomic E-state index is 11.8. The number of alkyl halides is 2. The van der Waals surface area contributed by atoms with Crippen LogP contribution in [0.4, 0.5) is 10.5 Å². The first-order valence-electron chi connectivity index (χ1n) is 6.83. The molecule has 0 radical (unpaired) electrons. The predicted octanol–water partition coefficient (Wildman–Crippen LogP) is 2.09. The lowest BCUT2D eigenvalue weighted by Gasteiger charge is -2.19. The number of aliphatic carboxylic acids is 1. The summed E-state index contributed by atoms with van der Waals surface area (Å²) >= 11 is 4.50. The van der Waals surface area contributed by atoms with Crippen molar-refractivity contribution in [3.8, 4) is 5.75 Å². The van der Waals surface area contributed by atoms with Crippen LogP contribution in [0.3, 0.4) is 0 Å². The Morgan fingerprint density at radius 2 is 1.79 bits per heavy atom. The third-order valence-electron chi connectivity index (χ3n) is 2.97. The van der Waals surface area contributed by atoms with Gasteiger partial charge in [0, 0.05) is 12.1 Å². The molecule has 10 heteroatoms. The third-order valence-corrected chi connectivity index (χ3v) is 4.62. The topological polar surface area (TPSA) is 122 Å². The molecule has 0 aliphatic carbocycles. The van der Waals surface area contributed by atoms with Crippen LogP contribution in [0.1, 0.15) is 12.8 Å². The molecule has 0 saturated carbocycles. The summed E-state index contributed by atoms with van der Waals surface area (Å²) in [5.41, 5.74) is 5.96. The zero-order chi connectivity index (χ0) is 18.1. The lowest BCUT2D eigenvalue weighted by Crippen LogP contribution is -2.42. The van der Waals surface area contributed by atoms with Gasteiger partial charge in [-0.05, 0) is 30.7 Å². The van der Waals surface area contributed by atoms with Gasteiger partial charge in [-0.3, -0.25) is 4.79 Å². The molecule has 1 aromatic carbocycles. The smallest absolute Gasteiger partial charge is 0.413 e. The van der Waals surface area contributed by atoms with Crippen LogP contribution in [-0.2, 0) is 9.59 Å². The summed E-state index contributed by atoms with van der Waals surface area (Å²) in [4.78, 5) is 35.7. The fraction of sp³-hybridized carbons (Fsp3) is 0.357. The van der Waals surface area contributed by atoms with Gasteiger partial charge in [0.2, 0.25) is 5.91 Å². The zero-order valence-corrected chi connectivity index (χ0v) is 16.9. The molecule has 0 heterocycles. The number of ether oxygens (including phenoxy) is 1. The van der Waals surface area contributed by atoms with Gasteiger partial charge in [0.1, 0.15) is 11.8 Å². The number of anilines is 1. The van der Waals surface area contributed by atoms with Crippen molar-refractivity contribution in [3.63, 3.8) is 0 Å². The third kappa shape index (κ3) is 7.07. The largest absolute Gasteiger partial charge is 0.480 e. The first-order chi connectivity index (χ1) is 11.4. The van der Waals surface area contributed by atoms with Crippen molar-refractivity contribution < 1.29 is 24.2 Å². The van der Waals surface area contributed by atoms with Gasteiger partial charge in [-0.2, -0.15) is 0 Å². The average Bonchev–Trinajstić information content (AvgIpc) is 2.53. The van der Waals surface area contributed by atoms with Gasteiger partial charge in [0.05, 0.1) is 9.10 Å². The van der Waals surface area contributed by atoms with Crippen molar-refractivity contribution in [3.05, 3.63) is 24.3 Å². The predicted molar refractivity (Wildman–Crippen MR) is 106 cm³/mol. The molecular formula is C14H17I2N3O5. The van der Waals surface area contributed by atoms with Crippen molar-refractivity contribution >= 4 is 68.8 Å². The lowest BCUT2D eigenvalue weighted by molar-refractivity contribution is -0.139. The minimum absolute atomic E-state index is 0.0982. The quantitative estimate of drug-likeness (QED) is 0.241. The fourth-order valence-electron chi connectivity index (χ4n) is 1.72. The Morgan fingerprint density at radius 1 is 1.21 bits per heavy atom. The van der Waals surface area contributed by atoms with Gasteiger partial charge in [-0.25, -0.2) is 9.59 Å². The zero-order valence-electron chi connectivity index (χ0n) is 12.6. The highest BCUT2D eigenvalue weighted by Crippen LogP contribution is 2.21. The van der Waals surface area contributed by atoms with Crippen LogP contribution < -0.4 is 20.7 Å². The first-order valence-corrected chi connectivity index (χ1v) is 9.89. The van der Waals surface area contributed by atoms with Gasteiger partial charge in [-0.1, -0.05) is 45.2 Å². The van der Waals surface area contributed by atoms with Gasteiger partial charge in [-0.15, -0.1) is 0 Å². The number of benzene rings is 1. The van der Waals surface area contributed by atoms with Crippen LogP contribution in [0.5, 0.6) is 5.75 Å². The standard InChI is InChI=1S/C14H17I2N3O5/c15-7-19(8-16)9-1-3-10(4-2-9)24-14(23)18-11(13(21)22)5-6-12(17)20/h1-4,11H,5-8H2,(H2,17,20)(H,18,23)(H,21,22)/t11-/m0/s1. The highest BCUT2D eigenvalue weighted by atomic mass is 127. The van der Waals surface area contributed by atoms with Crippen LogP contribution in [0.2, 0.25) is 0 Å². The van der Waals surface area contributed by atoms with Crippen molar-refractivity contribution in [2.75, 3.05) is 14.0 Å². The number of rotatable bonds is 9. The molecule has 0 bridgehead atoms. The number of carbonyl (C=O) groups is 3. The second-order valence-electron chi connectivity index (χ2n) is 4.70. The van der Waals surface area contributed by atoms with Crippen molar-refractivity contribution in [1.29, 1.82) is 0 Å². The monoisotopic (exact) mass is 561 g/mol. The van der Waals surface area contributed by atoms with Crippen LogP contribution in [0.25, 0.3) is 0 Å². The molecule has 0 unspecified atom stereocenters. The Morgan fingerprint density at radius 3 is 2.25 bits per heavy atom. The average molecular weight is 561 g/mol. The second-order valence-corrected chi connectivity index (χ2v) is 6.07. The molecule has 0 saturated heterocycles. The summed E-state index contributed by atoms with van der Waals surface area (Å²) in [6, 6.07) is 5.63. The number of nitrogens with two attached hydrogens (primary N) is 1. The van der Waals surface area contributed by atoms with Gasteiger partial charge in [0.25, 0.3) is 0 Å². The number of halogens is 2. The maximum atomic E-state index is 11.8. The number of hydrogen-bond acceptors (Lipinski definition) is 5. The summed E-state index contributed by atoms with van der Waals surface area (Å²) in [6.07, 6.45) is -1.15. The van der Waals surface area contributed by atoms with E-state index in [1.54, 1.807) is 12.1 Å². The van der Waals surface area contributed by atoms with E-state index in [9.17, 15) is 14.4 Å². The molecule has 1 aromatic rings. The minimum Gasteiger partial charge on any atom is -0.480 e. The van der Waals surface area contributed by atoms with Crippen LogP contribution in [-0.4, -0.2) is 38.2 Å². The molecule has 24 heavy (non-hydrogen) atoms. The highest BCUT2D eigenvalue weighted by molar-refractivity contribution is 14.1. The van der Waals surface area contributed by atoms with Crippen molar-refractivity contribution in [1.82, 2.24) is 5.32 Å². The first kappa shape index (κ1) is 20.7. The van der Waals surface area contributed by atoms with E-state index in [0.717, 1.165) is 14.8 Å². The Bertz CT molecular complexity index is 578. The second kappa shape index (κ2) is 10.5. The Balaban J connectivity index is 2.62. The van der Waals surface area contributed by atoms with E-state index in [1.165, 1.54) is 0 Å². The molecule has 0 aliphatic rings. The molecule has 2 amide bonds. The minimum atomic E-state index is -1.26. The summed E-state index contributed by atoms with van der Waals surface area (Å²) in [7, 11) is 0. The molecule has 0 fully saturated rings. The number of carbonyl (C=O) groups excluding carboxylic acids is 2. The van der Waals surface area contributed by atoms with E-state index in [0.29, 0.717) is 0 Å². The normalized spacial score (nSPS) is 11.4. The van der Waals surface area contributed by atoms with E-state index in [1.807, 2.05) is 12.1 Å². The van der Waals surface area contributed by atoms with Crippen LogP contribution >= 0.6 is 45.2 Å². The van der Waals surface area contributed by atoms with E-state index in [4.69, 9.17) is 15.6 Å². The van der Waals surface area contributed by atoms with Gasteiger partial charge in [0.15, 0.2) is 0 Å². The summed E-state index contributed by atoms with van der Waals surface area (Å²) < 4.78 is 6.69. The van der Waals surface area contributed by atoms with E-state index >= 15 is 0 Å². The molecule has 0 aliphatic heterocycles. The SMILES string of the molecule is NC(=O)CC[C@H](NC(=O)Oc1ccc(N(CI)CI)cc1)C(=O)O. The molecular weight excluding hydrogens is 544 g/mol. The Labute approximate surface area is 166 Å². The number of primary amides is 1. The highest BCUT2D eigenvalue weighted by Gasteiger charge is 2.21. The molecule has 1 atom stereocenters. The molecule has 0 spiro atoms. The number of hydrogen-bond donors (Lipinski definition) is 3. The van der Waals surface area contributed by atoms with Crippen LogP contribution in [0.15, 0.2) is 24.3 Å². The van der Waals surface area contributed by atoms with E-state index < -0.39 is 24.0 Å². The Hall–Kier alpha value is -1.31. The Kier molecular flexibility index (Phi) is 9.10. The summed E-state index contributed by atoms with van der Waals surface area (Å²) in [6.45, 7) is 0. The summed E-state index contributed by atoms with van der Waals surface area (Å²) in [5, 5.41) is 11.2. The van der Waals surface area contributed by atoms with E-state index in [2.05, 4.69) is 55.4 Å². The maximum Gasteiger partial charge on any atom is 0.413 e. The van der Waals surface area contributed by atoms with Gasteiger partial charge >= 0.3 is 12.1 Å². The van der Waals surface area contributed by atoms with Crippen molar-refractivity contribution in [2.24, 2.45) is 5.73 Å². The van der Waals surface area contributed by atoms with Gasteiger partial charge < -0.3 is 25.8 Å². The molecule has 1 rings (SSSR count). The summed E-state index contributed by atoms with van der Waals surface area (Å²) in [5.74, 6) is -1.61. The van der Waals surface area contributed by atoms with E-state index in [-0.39, 0.29) is 18.6 Å². The number of carboxylic acids is 1. The van der Waals surface area contributed by atoms with Crippen molar-refractivity contribution in [2.45, 2.75) is 18.9 Å². The fourth-order valence-corrected chi connectivity index (χ4v) is 3.91. The molecule has 4 N–H and O–H groups in total. The number of amides is 2.